The minimum Gasteiger partial charge on any atom is -0.335 e. The van der Waals surface area contributed by atoms with Crippen LogP contribution in [0.1, 0.15) is 46.1 Å². The number of piperazine rings is 1. The van der Waals surface area contributed by atoms with Gasteiger partial charge in [0.2, 0.25) is 10.0 Å². The molecule has 1 saturated carbocycles. The first kappa shape index (κ1) is 19.4. The summed E-state index contributed by atoms with van der Waals surface area (Å²) in [6.07, 6.45) is 2.12. The lowest BCUT2D eigenvalue weighted by atomic mass is 10.2. The third-order valence-corrected chi connectivity index (χ3v) is 7.83. The summed E-state index contributed by atoms with van der Waals surface area (Å²) < 4.78 is 27.5. The van der Waals surface area contributed by atoms with Gasteiger partial charge in [0.15, 0.2) is 5.69 Å². The van der Waals surface area contributed by atoms with Gasteiger partial charge in [0.05, 0.1) is 15.6 Å². The van der Waals surface area contributed by atoms with Crippen molar-refractivity contribution in [3.63, 3.8) is 0 Å². The molecule has 2 aliphatic rings. The maximum absolute atomic E-state index is 13.0. The Hall–Kier alpha value is -1.90. The van der Waals surface area contributed by atoms with Gasteiger partial charge in [-0.3, -0.25) is 9.89 Å². The number of sulfonamides is 1. The van der Waals surface area contributed by atoms with E-state index < -0.39 is 10.0 Å². The lowest BCUT2D eigenvalue weighted by Crippen LogP contribution is -2.50. The Bertz CT molecular complexity index is 1020. The highest BCUT2D eigenvalue weighted by Crippen LogP contribution is 2.43. The SMILES string of the molecule is Cc1ccc(C)c(S(=O)(=O)N2CCN(C(=O)c3n[nH]c(C4CC4)c3Cl)CC2)c1. The Kier molecular flexibility index (Phi) is 4.97. The number of aromatic nitrogens is 2. The summed E-state index contributed by atoms with van der Waals surface area (Å²) in [5.41, 5.74) is 2.69. The maximum Gasteiger partial charge on any atom is 0.276 e. The van der Waals surface area contributed by atoms with E-state index in [1.54, 1.807) is 17.9 Å². The third-order valence-electron chi connectivity index (χ3n) is 5.41. The van der Waals surface area contributed by atoms with Crippen molar-refractivity contribution in [2.24, 2.45) is 0 Å². The zero-order valence-electron chi connectivity index (χ0n) is 15.9. The summed E-state index contributed by atoms with van der Waals surface area (Å²) in [4.78, 5) is 14.7. The van der Waals surface area contributed by atoms with Gasteiger partial charge in [-0.05, 0) is 43.9 Å². The van der Waals surface area contributed by atoms with Crippen LogP contribution in [0.4, 0.5) is 0 Å². The molecule has 0 atom stereocenters. The number of carbonyl (C=O) groups is 1. The molecule has 1 N–H and O–H groups in total. The van der Waals surface area contributed by atoms with E-state index in [9.17, 15) is 13.2 Å². The van der Waals surface area contributed by atoms with E-state index >= 15 is 0 Å². The molecule has 0 unspecified atom stereocenters. The molecule has 0 bridgehead atoms. The first-order chi connectivity index (χ1) is 13.3. The molecule has 1 aromatic carbocycles. The molecular weight excluding hydrogens is 400 g/mol. The summed E-state index contributed by atoms with van der Waals surface area (Å²) in [6.45, 7) is 4.79. The molecule has 0 radical (unpaired) electrons. The Morgan fingerprint density at radius 3 is 2.50 bits per heavy atom. The number of hydrogen-bond acceptors (Lipinski definition) is 4. The third kappa shape index (κ3) is 3.44. The van der Waals surface area contributed by atoms with Gasteiger partial charge in [-0.2, -0.15) is 9.40 Å². The average Bonchev–Trinajstić information content (AvgIpc) is 3.45. The van der Waals surface area contributed by atoms with Gasteiger partial charge in [-0.15, -0.1) is 0 Å². The first-order valence-corrected chi connectivity index (χ1v) is 11.2. The van der Waals surface area contributed by atoms with Crippen LogP contribution in [0.15, 0.2) is 23.1 Å². The molecule has 1 saturated heterocycles. The maximum atomic E-state index is 13.0. The summed E-state index contributed by atoms with van der Waals surface area (Å²) in [6, 6.07) is 5.42. The monoisotopic (exact) mass is 422 g/mol. The number of aromatic amines is 1. The predicted molar refractivity (Wildman–Crippen MR) is 106 cm³/mol. The Morgan fingerprint density at radius 1 is 1.18 bits per heavy atom. The van der Waals surface area contributed by atoms with Gasteiger partial charge in [-0.1, -0.05) is 23.7 Å². The van der Waals surface area contributed by atoms with Crippen LogP contribution in [0.25, 0.3) is 0 Å². The molecule has 2 heterocycles. The highest BCUT2D eigenvalue weighted by atomic mass is 35.5. The van der Waals surface area contributed by atoms with Gasteiger partial charge in [0.25, 0.3) is 5.91 Å². The van der Waals surface area contributed by atoms with Crippen LogP contribution in [-0.4, -0.2) is 59.9 Å². The molecule has 4 rings (SSSR count). The van der Waals surface area contributed by atoms with Gasteiger partial charge < -0.3 is 4.90 Å². The van der Waals surface area contributed by atoms with Crippen LogP contribution in [0.2, 0.25) is 5.02 Å². The summed E-state index contributed by atoms with van der Waals surface area (Å²) in [7, 11) is -3.59. The highest BCUT2D eigenvalue weighted by molar-refractivity contribution is 7.89. The number of rotatable bonds is 4. The second-order valence-corrected chi connectivity index (χ2v) is 9.82. The van der Waals surface area contributed by atoms with Gasteiger partial charge in [0, 0.05) is 32.1 Å². The van der Waals surface area contributed by atoms with Crippen LogP contribution in [0.3, 0.4) is 0 Å². The van der Waals surface area contributed by atoms with Gasteiger partial charge in [-0.25, -0.2) is 8.42 Å². The van der Waals surface area contributed by atoms with Crippen molar-refractivity contribution in [3.05, 3.63) is 45.7 Å². The normalized spacial score (nSPS) is 18.5. The van der Waals surface area contributed by atoms with E-state index in [4.69, 9.17) is 11.6 Å². The first-order valence-electron chi connectivity index (χ1n) is 9.39. The largest absolute Gasteiger partial charge is 0.335 e. The second-order valence-electron chi connectivity index (χ2n) is 7.54. The molecule has 150 valence electrons. The van der Waals surface area contributed by atoms with Gasteiger partial charge in [0.1, 0.15) is 0 Å². The van der Waals surface area contributed by atoms with Crippen molar-refractivity contribution in [1.82, 2.24) is 19.4 Å². The van der Waals surface area contributed by atoms with Crippen molar-refractivity contribution >= 4 is 27.5 Å². The second kappa shape index (κ2) is 7.17. The smallest absolute Gasteiger partial charge is 0.276 e. The predicted octanol–water partition coefficient (Wildman–Crippen LogP) is 2.70. The Balaban J connectivity index is 1.47. The van der Waals surface area contributed by atoms with Crippen molar-refractivity contribution in [2.45, 2.75) is 37.5 Å². The van der Waals surface area contributed by atoms with Crippen LogP contribution in [0.5, 0.6) is 0 Å². The average molecular weight is 423 g/mol. The van der Waals surface area contributed by atoms with Crippen LogP contribution >= 0.6 is 11.6 Å². The molecule has 1 aromatic heterocycles. The topological polar surface area (TPSA) is 86.4 Å². The minimum atomic E-state index is -3.59. The standard InChI is InChI=1S/C19H23ClN4O3S/c1-12-3-4-13(2)15(11-12)28(26,27)24-9-7-23(8-10-24)19(25)18-16(20)17(21-22-18)14-5-6-14/h3-4,11,14H,5-10H2,1-2H3,(H,21,22). The van der Waals surface area contributed by atoms with Crippen molar-refractivity contribution in [2.75, 3.05) is 26.2 Å². The fourth-order valence-electron chi connectivity index (χ4n) is 3.53. The minimum absolute atomic E-state index is 0.231. The zero-order valence-corrected chi connectivity index (χ0v) is 17.5. The molecule has 1 amide bonds. The number of nitrogens with zero attached hydrogens (tertiary/aromatic N) is 3. The molecule has 7 nitrogen and oxygen atoms in total. The van der Waals surface area contributed by atoms with E-state index in [2.05, 4.69) is 10.2 Å². The summed E-state index contributed by atoms with van der Waals surface area (Å²) in [5.74, 6) is 0.123. The lowest BCUT2D eigenvalue weighted by Gasteiger charge is -2.34. The van der Waals surface area contributed by atoms with Gasteiger partial charge >= 0.3 is 0 Å². The number of H-pyrrole nitrogens is 1. The fourth-order valence-corrected chi connectivity index (χ4v) is 5.58. The molecule has 0 spiro atoms. The summed E-state index contributed by atoms with van der Waals surface area (Å²) >= 11 is 6.34. The number of halogens is 1. The van der Waals surface area contributed by atoms with E-state index in [0.717, 1.165) is 29.7 Å². The van der Waals surface area contributed by atoms with Crippen molar-refractivity contribution < 1.29 is 13.2 Å². The number of nitrogens with one attached hydrogen (secondary N) is 1. The quantitative estimate of drug-likeness (QED) is 0.820. The van der Waals surface area contributed by atoms with E-state index in [0.29, 0.717) is 28.9 Å². The number of benzene rings is 1. The lowest BCUT2D eigenvalue weighted by molar-refractivity contribution is 0.0692. The molecule has 28 heavy (non-hydrogen) atoms. The number of amides is 1. The Labute approximate surface area is 169 Å². The molecular formula is C19H23ClN4O3S. The van der Waals surface area contributed by atoms with Crippen molar-refractivity contribution in [3.8, 4) is 0 Å². The van der Waals surface area contributed by atoms with Crippen molar-refractivity contribution in [1.29, 1.82) is 0 Å². The molecule has 9 heteroatoms. The number of carbonyl (C=O) groups excluding carboxylic acids is 1. The molecule has 1 aliphatic heterocycles. The molecule has 2 fully saturated rings. The van der Waals surface area contributed by atoms with Crippen LogP contribution in [0, 0.1) is 13.8 Å². The van der Waals surface area contributed by atoms with Crippen LogP contribution in [-0.2, 0) is 10.0 Å². The zero-order chi connectivity index (χ0) is 20.1. The number of aryl methyl sites for hydroxylation is 2. The molecule has 1 aliphatic carbocycles. The van der Waals surface area contributed by atoms with E-state index in [1.807, 2.05) is 19.1 Å². The number of hydrogen-bond donors (Lipinski definition) is 1. The van der Waals surface area contributed by atoms with E-state index in [-0.39, 0.29) is 24.7 Å². The Morgan fingerprint density at radius 2 is 1.86 bits per heavy atom. The fraction of sp³-hybridized carbons (Fsp3) is 0.474. The highest BCUT2D eigenvalue weighted by Gasteiger charge is 2.35. The summed E-state index contributed by atoms with van der Waals surface area (Å²) in [5, 5.41) is 7.40. The molecule has 2 aromatic rings. The van der Waals surface area contributed by atoms with Crippen LogP contribution < -0.4 is 0 Å². The van der Waals surface area contributed by atoms with E-state index in [1.165, 1.54) is 4.31 Å².